The number of nitrogens with zero attached hydrogens (tertiary/aromatic N) is 4. The van der Waals surface area contributed by atoms with Gasteiger partial charge in [-0.3, -0.25) is 4.98 Å². The normalized spacial score (nSPS) is 12.2. The standard InChI is InChI=1S/C16H23N5O2/c1-5-13(12-7-6-8-17-9-12)21(4)16(22)18-10-14-19-15(11(2)3)20-23-14/h6-9,11,13H,5,10H2,1-4H3,(H,18,22)/t13-/m0/s1. The lowest BCUT2D eigenvalue weighted by atomic mass is 10.1. The van der Waals surface area contributed by atoms with E-state index in [1.807, 2.05) is 32.9 Å². The molecule has 124 valence electrons. The molecular weight excluding hydrogens is 294 g/mol. The molecule has 0 aliphatic carbocycles. The van der Waals surface area contributed by atoms with E-state index in [1.165, 1.54) is 0 Å². The van der Waals surface area contributed by atoms with Crippen molar-refractivity contribution in [1.29, 1.82) is 0 Å². The average molecular weight is 317 g/mol. The summed E-state index contributed by atoms with van der Waals surface area (Å²) < 4.78 is 5.12. The highest BCUT2D eigenvalue weighted by atomic mass is 16.5. The van der Waals surface area contributed by atoms with Crippen molar-refractivity contribution in [3.8, 4) is 0 Å². The first-order chi connectivity index (χ1) is 11.0. The van der Waals surface area contributed by atoms with Crippen LogP contribution in [0.5, 0.6) is 0 Å². The van der Waals surface area contributed by atoms with Gasteiger partial charge in [0.1, 0.15) is 0 Å². The second kappa shape index (κ2) is 7.71. The highest BCUT2D eigenvalue weighted by Gasteiger charge is 2.20. The van der Waals surface area contributed by atoms with Gasteiger partial charge in [0.05, 0.1) is 12.6 Å². The Hall–Kier alpha value is -2.44. The first-order valence-electron chi connectivity index (χ1n) is 7.76. The number of hydrogen-bond donors (Lipinski definition) is 1. The van der Waals surface area contributed by atoms with Crippen molar-refractivity contribution < 1.29 is 9.32 Å². The number of carbonyl (C=O) groups excluding carboxylic acids is 1. The molecule has 0 radical (unpaired) electrons. The number of aromatic nitrogens is 3. The molecule has 0 bridgehead atoms. The van der Waals surface area contributed by atoms with Crippen molar-refractivity contribution in [2.45, 2.75) is 45.7 Å². The summed E-state index contributed by atoms with van der Waals surface area (Å²) in [6, 6.07) is 3.62. The molecule has 2 heterocycles. The van der Waals surface area contributed by atoms with E-state index in [1.54, 1.807) is 24.3 Å². The van der Waals surface area contributed by atoms with E-state index in [9.17, 15) is 4.79 Å². The van der Waals surface area contributed by atoms with Gasteiger partial charge in [0.2, 0.25) is 5.89 Å². The van der Waals surface area contributed by atoms with Crippen LogP contribution in [0.3, 0.4) is 0 Å². The average Bonchev–Trinajstić information content (AvgIpc) is 3.03. The SMILES string of the molecule is CC[C@@H](c1cccnc1)N(C)C(=O)NCc1nc(C(C)C)no1. The summed E-state index contributed by atoms with van der Waals surface area (Å²) >= 11 is 0. The summed E-state index contributed by atoms with van der Waals surface area (Å²) in [5.74, 6) is 1.25. The molecule has 1 N–H and O–H groups in total. The summed E-state index contributed by atoms with van der Waals surface area (Å²) in [7, 11) is 1.77. The predicted octanol–water partition coefficient (Wildman–Crippen LogP) is 2.88. The van der Waals surface area contributed by atoms with Crippen molar-refractivity contribution in [3.63, 3.8) is 0 Å². The smallest absolute Gasteiger partial charge is 0.318 e. The van der Waals surface area contributed by atoms with Crippen LogP contribution in [0, 0.1) is 0 Å². The van der Waals surface area contributed by atoms with Crippen LogP contribution >= 0.6 is 0 Å². The minimum atomic E-state index is -0.190. The van der Waals surface area contributed by atoms with Crippen molar-refractivity contribution >= 4 is 6.03 Å². The van der Waals surface area contributed by atoms with Crippen LogP contribution in [0.4, 0.5) is 4.79 Å². The topological polar surface area (TPSA) is 84.2 Å². The van der Waals surface area contributed by atoms with Gasteiger partial charge in [0.15, 0.2) is 5.82 Å². The van der Waals surface area contributed by atoms with Gasteiger partial charge in [0, 0.05) is 25.4 Å². The minimum Gasteiger partial charge on any atom is -0.337 e. The van der Waals surface area contributed by atoms with E-state index < -0.39 is 0 Å². The third-order valence-electron chi connectivity index (χ3n) is 3.63. The maximum atomic E-state index is 12.3. The zero-order valence-corrected chi connectivity index (χ0v) is 14.0. The highest BCUT2D eigenvalue weighted by molar-refractivity contribution is 5.74. The van der Waals surface area contributed by atoms with Crippen LogP contribution in [0.25, 0.3) is 0 Å². The van der Waals surface area contributed by atoms with E-state index in [-0.39, 0.29) is 24.5 Å². The summed E-state index contributed by atoms with van der Waals surface area (Å²) in [5, 5.41) is 6.68. The zero-order chi connectivity index (χ0) is 16.8. The molecule has 23 heavy (non-hydrogen) atoms. The summed E-state index contributed by atoms with van der Waals surface area (Å²) in [4.78, 5) is 22.4. The molecule has 0 fully saturated rings. The number of urea groups is 1. The van der Waals surface area contributed by atoms with E-state index in [4.69, 9.17) is 4.52 Å². The minimum absolute atomic E-state index is 0.0300. The van der Waals surface area contributed by atoms with Crippen LogP contribution in [-0.4, -0.2) is 33.1 Å². The van der Waals surface area contributed by atoms with Crippen LogP contribution < -0.4 is 5.32 Å². The Morgan fingerprint density at radius 3 is 2.78 bits per heavy atom. The van der Waals surface area contributed by atoms with Crippen molar-refractivity contribution in [1.82, 2.24) is 25.3 Å². The largest absolute Gasteiger partial charge is 0.337 e. The molecule has 0 spiro atoms. The Bertz CT molecular complexity index is 626. The number of hydrogen-bond acceptors (Lipinski definition) is 5. The molecule has 0 saturated carbocycles. The van der Waals surface area contributed by atoms with Crippen LogP contribution in [-0.2, 0) is 6.54 Å². The van der Waals surface area contributed by atoms with Gasteiger partial charge in [-0.1, -0.05) is 32.0 Å². The Balaban J connectivity index is 1.95. The highest BCUT2D eigenvalue weighted by Crippen LogP contribution is 2.21. The van der Waals surface area contributed by atoms with Crippen molar-refractivity contribution in [3.05, 3.63) is 41.8 Å². The maximum absolute atomic E-state index is 12.3. The zero-order valence-electron chi connectivity index (χ0n) is 14.0. The second-order valence-corrected chi connectivity index (χ2v) is 5.68. The molecule has 2 rings (SSSR count). The number of carbonyl (C=O) groups is 1. The second-order valence-electron chi connectivity index (χ2n) is 5.68. The molecule has 7 heteroatoms. The van der Waals surface area contributed by atoms with Gasteiger partial charge in [-0.25, -0.2) is 4.79 Å². The van der Waals surface area contributed by atoms with Gasteiger partial charge in [-0.2, -0.15) is 4.98 Å². The quantitative estimate of drug-likeness (QED) is 0.885. The molecule has 0 aromatic carbocycles. The number of nitrogens with one attached hydrogen (secondary N) is 1. The monoisotopic (exact) mass is 317 g/mol. The molecule has 0 aliphatic rings. The van der Waals surface area contributed by atoms with Gasteiger partial charge in [-0.15, -0.1) is 0 Å². The lowest BCUT2D eigenvalue weighted by molar-refractivity contribution is 0.186. The third kappa shape index (κ3) is 4.28. The fourth-order valence-corrected chi connectivity index (χ4v) is 2.30. The molecule has 2 aromatic heterocycles. The van der Waals surface area contributed by atoms with Crippen LogP contribution in [0.15, 0.2) is 29.0 Å². The summed E-state index contributed by atoms with van der Waals surface area (Å²) in [5.41, 5.74) is 1.01. The lowest BCUT2D eigenvalue weighted by Crippen LogP contribution is -2.39. The summed E-state index contributed by atoms with van der Waals surface area (Å²) in [6.07, 6.45) is 4.30. The van der Waals surface area contributed by atoms with E-state index in [0.29, 0.717) is 11.7 Å². The summed E-state index contributed by atoms with van der Waals surface area (Å²) in [6.45, 7) is 6.22. The number of amides is 2. The van der Waals surface area contributed by atoms with Crippen LogP contribution in [0.1, 0.15) is 56.4 Å². The van der Waals surface area contributed by atoms with E-state index >= 15 is 0 Å². The lowest BCUT2D eigenvalue weighted by Gasteiger charge is -2.27. The maximum Gasteiger partial charge on any atom is 0.318 e. The van der Waals surface area contributed by atoms with E-state index in [2.05, 4.69) is 20.4 Å². The van der Waals surface area contributed by atoms with Crippen molar-refractivity contribution in [2.75, 3.05) is 7.05 Å². The van der Waals surface area contributed by atoms with Gasteiger partial charge < -0.3 is 14.7 Å². The Labute approximate surface area is 136 Å². The molecule has 2 amide bonds. The van der Waals surface area contributed by atoms with Gasteiger partial charge in [0.25, 0.3) is 0 Å². The first kappa shape index (κ1) is 16.9. The molecular formula is C16H23N5O2. The number of rotatable bonds is 6. The Morgan fingerprint density at radius 1 is 1.43 bits per heavy atom. The fraction of sp³-hybridized carbons (Fsp3) is 0.500. The third-order valence-corrected chi connectivity index (χ3v) is 3.63. The molecule has 0 aliphatic heterocycles. The number of pyridine rings is 1. The van der Waals surface area contributed by atoms with Crippen molar-refractivity contribution in [2.24, 2.45) is 0 Å². The van der Waals surface area contributed by atoms with Gasteiger partial charge >= 0.3 is 6.03 Å². The first-order valence-corrected chi connectivity index (χ1v) is 7.76. The Morgan fingerprint density at radius 2 is 2.22 bits per heavy atom. The molecule has 0 saturated heterocycles. The Kier molecular flexibility index (Phi) is 5.67. The van der Waals surface area contributed by atoms with Crippen LogP contribution in [0.2, 0.25) is 0 Å². The molecule has 7 nitrogen and oxygen atoms in total. The molecule has 0 unspecified atom stereocenters. The molecule has 1 atom stereocenters. The fourth-order valence-electron chi connectivity index (χ4n) is 2.30. The van der Waals surface area contributed by atoms with Gasteiger partial charge in [-0.05, 0) is 18.1 Å². The van der Waals surface area contributed by atoms with E-state index in [0.717, 1.165) is 12.0 Å². The molecule has 2 aromatic rings. The predicted molar refractivity (Wildman–Crippen MR) is 85.7 cm³/mol.